The number of carbonyl (C=O) groups is 1. The van der Waals surface area contributed by atoms with E-state index in [0.29, 0.717) is 12.2 Å². The Labute approximate surface area is 117 Å². The summed E-state index contributed by atoms with van der Waals surface area (Å²) in [5.74, 6) is 0.835. The highest BCUT2D eigenvalue weighted by Gasteiger charge is 2.03. The van der Waals surface area contributed by atoms with Gasteiger partial charge in [-0.1, -0.05) is 18.2 Å². The Bertz CT molecular complexity index is 605. The van der Waals surface area contributed by atoms with Crippen molar-refractivity contribution in [2.45, 2.75) is 12.8 Å². The molecule has 0 radical (unpaired) electrons. The van der Waals surface area contributed by atoms with E-state index in [9.17, 15) is 4.79 Å². The molecule has 0 spiro atoms. The van der Waals surface area contributed by atoms with Crippen molar-refractivity contribution in [1.29, 1.82) is 0 Å². The zero-order valence-corrected chi connectivity index (χ0v) is 11.3. The second-order valence-electron chi connectivity index (χ2n) is 4.28. The van der Waals surface area contributed by atoms with E-state index in [1.54, 1.807) is 12.1 Å². The molecule has 0 saturated carbocycles. The predicted octanol–water partition coefficient (Wildman–Crippen LogP) is 4.56. The second kappa shape index (κ2) is 6.39. The van der Waals surface area contributed by atoms with Crippen molar-refractivity contribution in [3.05, 3.63) is 54.6 Å². The Morgan fingerprint density at radius 3 is 2.68 bits per heavy atom. The van der Waals surface area contributed by atoms with Gasteiger partial charge in [-0.3, -0.25) is 4.79 Å². The molecule has 0 amide bonds. The number of rotatable bonds is 6. The molecule has 0 heterocycles. The normalized spacial score (nSPS) is 10.4. The number of benzene rings is 2. The van der Waals surface area contributed by atoms with Crippen LogP contribution in [0.4, 0.5) is 0 Å². The van der Waals surface area contributed by atoms with Crippen molar-refractivity contribution in [2.75, 3.05) is 6.61 Å². The van der Waals surface area contributed by atoms with Crippen LogP contribution in [-0.4, -0.2) is 11.8 Å². The van der Waals surface area contributed by atoms with Crippen LogP contribution in [0.2, 0.25) is 0 Å². The molecule has 0 bridgehead atoms. The first-order chi connectivity index (χ1) is 9.20. The van der Waals surface area contributed by atoms with E-state index in [1.165, 1.54) is 0 Å². The van der Waals surface area contributed by atoms with Gasteiger partial charge in [0.25, 0.3) is 5.24 Å². The summed E-state index contributed by atoms with van der Waals surface area (Å²) in [4.78, 5) is 11.1. The average Bonchev–Trinajstić information content (AvgIpc) is 2.43. The van der Waals surface area contributed by atoms with Crippen molar-refractivity contribution in [3.8, 4) is 5.75 Å². The van der Waals surface area contributed by atoms with Crippen LogP contribution in [0.3, 0.4) is 0 Å². The standard InChI is InChI=1S/C16H15ClO2/c1-2-3-4-9-19-15-8-7-12-10-14(16(17)18)6-5-13(12)11-15/h2,5-8,10-11H,1,3-4,9H2. The topological polar surface area (TPSA) is 26.3 Å². The zero-order valence-electron chi connectivity index (χ0n) is 10.6. The quantitative estimate of drug-likeness (QED) is 0.438. The van der Waals surface area contributed by atoms with Gasteiger partial charge in [0.05, 0.1) is 6.61 Å². The fourth-order valence-corrected chi connectivity index (χ4v) is 1.97. The maximum atomic E-state index is 11.1. The zero-order chi connectivity index (χ0) is 13.7. The predicted molar refractivity (Wildman–Crippen MR) is 79.1 cm³/mol. The van der Waals surface area contributed by atoms with Gasteiger partial charge in [-0.15, -0.1) is 6.58 Å². The van der Waals surface area contributed by atoms with Crippen molar-refractivity contribution < 1.29 is 9.53 Å². The molecule has 3 heteroatoms. The van der Waals surface area contributed by atoms with Crippen molar-refractivity contribution in [3.63, 3.8) is 0 Å². The number of halogens is 1. The Morgan fingerprint density at radius 1 is 1.21 bits per heavy atom. The van der Waals surface area contributed by atoms with Crippen LogP contribution in [0, 0.1) is 0 Å². The van der Waals surface area contributed by atoms with Crippen LogP contribution in [-0.2, 0) is 0 Å². The van der Waals surface area contributed by atoms with Crippen molar-refractivity contribution in [2.24, 2.45) is 0 Å². The molecule has 2 aromatic carbocycles. The molecular weight excluding hydrogens is 260 g/mol. The van der Waals surface area contributed by atoms with Gasteiger partial charge in [-0.2, -0.15) is 0 Å². The smallest absolute Gasteiger partial charge is 0.252 e. The number of carbonyl (C=O) groups excluding carboxylic acids is 1. The van der Waals surface area contributed by atoms with E-state index in [0.717, 1.165) is 29.4 Å². The number of fused-ring (bicyclic) bond motifs is 1. The highest BCUT2D eigenvalue weighted by molar-refractivity contribution is 6.67. The van der Waals surface area contributed by atoms with E-state index < -0.39 is 5.24 Å². The third kappa shape index (κ3) is 3.58. The molecule has 0 atom stereocenters. The lowest BCUT2D eigenvalue weighted by molar-refractivity contribution is 0.108. The lowest BCUT2D eigenvalue weighted by Gasteiger charge is -2.07. The molecule has 0 fully saturated rings. The molecule has 0 N–H and O–H groups in total. The maximum absolute atomic E-state index is 11.1. The van der Waals surface area contributed by atoms with Crippen LogP contribution < -0.4 is 4.74 Å². The van der Waals surface area contributed by atoms with Crippen LogP contribution in [0.1, 0.15) is 23.2 Å². The first-order valence-corrected chi connectivity index (χ1v) is 6.56. The van der Waals surface area contributed by atoms with Crippen LogP contribution in [0.5, 0.6) is 5.75 Å². The van der Waals surface area contributed by atoms with Crippen LogP contribution >= 0.6 is 11.6 Å². The van der Waals surface area contributed by atoms with E-state index in [-0.39, 0.29) is 0 Å². The van der Waals surface area contributed by atoms with Gasteiger partial charge >= 0.3 is 0 Å². The second-order valence-corrected chi connectivity index (χ2v) is 4.62. The Hall–Kier alpha value is -1.80. The SMILES string of the molecule is C=CCCCOc1ccc2cc(C(=O)Cl)ccc2c1. The fraction of sp³-hybridized carbons (Fsp3) is 0.188. The molecular formula is C16H15ClO2. The molecule has 0 aliphatic rings. The molecule has 0 aliphatic carbocycles. The number of allylic oxidation sites excluding steroid dienone is 1. The van der Waals surface area contributed by atoms with Gasteiger partial charge in [0.1, 0.15) is 5.75 Å². The largest absolute Gasteiger partial charge is 0.494 e. The van der Waals surface area contributed by atoms with Gasteiger partial charge in [0.15, 0.2) is 0 Å². The summed E-state index contributed by atoms with van der Waals surface area (Å²) in [7, 11) is 0. The molecule has 0 saturated heterocycles. The Kier molecular flexibility index (Phi) is 4.58. The lowest BCUT2D eigenvalue weighted by Crippen LogP contribution is -1.96. The first kappa shape index (κ1) is 13.6. The maximum Gasteiger partial charge on any atom is 0.252 e. The third-order valence-corrected chi connectivity index (χ3v) is 3.08. The third-order valence-electron chi connectivity index (χ3n) is 2.86. The molecule has 2 nitrogen and oxygen atoms in total. The minimum atomic E-state index is -0.438. The fourth-order valence-electron chi connectivity index (χ4n) is 1.85. The van der Waals surface area contributed by atoms with Gasteiger partial charge in [-0.05, 0) is 59.5 Å². The molecule has 19 heavy (non-hydrogen) atoms. The van der Waals surface area contributed by atoms with Gasteiger partial charge < -0.3 is 4.74 Å². The first-order valence-electron chi connectivity index (χ1n) is 6.18. The summed E-state index contributed by atoms with van der Waals surface area (Å²) in [5, 5.41) is 1.57. The number of hydrogen-bond donors (Lipinski definition) is 0. The van der Waals surface area contributed by atoms with Crippen molar-refractivity contribution in [1.82, 2.24) is 0 Å². The van der Waals surface area contributed by atoms with E-state index in [1.807, 2.05) is 30.3 Å². The van der Waals surface area contributed by atoms with E-state index in [2.05, 4.69) is 6.58 Å². The number of hydrogen-bond acceptors (Lipinski definition) is 2. The Morgan fingerprint density at radius 2 is 1.95 bits per heavy atom. The molecule has 0 unspecified atom stereocenters. The molecule has 98 valence electrons. The minimum Gasteiger partial charge on any atom is -0.494 e. The summed E-state index contributed by atoms with van der Waals surface area (Å²) >= 11 is 5.46. The van der Waals surface area contributed by atoms with Gasteiger partial charge in [0.2, 0.25) is 0 Å². The highest BCUT2D eigenvalue weighted by Crippen LogP contribution is 2.23. The summed E-state index contributed by atoms with van der Waals surface area (Å²) in [6.45, 7) is 4.35. The van der Waals surface area contributed by atoms with Crippen LogP contribution in [0.15, 0.2) is 49.1 Å². The molecule has 0 aliphatic heterocycles. The van der Waals surface area contributed by atoms with Gasteiger partial charge in [-0.25, -0.2) is 0 Å². The summed E-state index contributed by atoms with van der Waals surface area (Å²) < 4.78 is 5.65. The monoisotopic (exact) mass is 274 g/mol. The minimum absolute atomic E-state index is 0.438. The summed E-state index contributed by atoms with van der Waals surface area (Å²) in [5.41, 5.74) is 0.508. The number of unbranched alkanes of at least 4 members (excludes halogenated alkanes) is 1. The summed E-state index contributed by atoms with van der Waals surface area (Å²) in [6.07, 6.45) is 3.80. The Balaban J connectivity index is 2.14. The molecule has 2 aromatic rings. The van der Waals surface area contributed by atoms with E-state index >= 15 is 0 Å². The van der Waals surface area contributed by atoms with E-state index in [4.69, 9.17) is 16.3 Å². The van der Waals surface area contributed by atoms with Gasteiger partial charge in [0, 0.05) is 5.56 Å². The van der Waals surface area contributed by atoms with Crippen LogP contribution in [0.25, 0.3) is 10.8 Å². The molecule has 2 rings (SSSR count). The average molecular weight is 275 g/mol. The number of ether oxygens (including phenoxy) is 1. The lowest BCUT2D eigenvalue weighted by atomic mass is 10.1. The summed E-state index contributed by atoms with van der Waals surface area (Å²) in [6, 6.07) is 11.2. The molecule has 0 aromatic heterocycles. The highest BCUT2D eigenvalue weighted by atomic mass is 35.5. The van der Waals surface area contributed by atoms with Crippen molar-refractivity contribution >= 4 is 27.6 Å².